The summed E-state index contributed by atoms with van der Waals surface area (Å²) in [5.41, 5.74) is 7.11. The smallest absolute Gasteiger partial charge is 0.255 e. The van der Waals surface area contributed by atoms with Crippen molar-refractivity contribution in [3.63, 3.8) is 0 Å². The highest BCUT2D eigenvalue weighted by atomic mass is 127. The summed E-state index contributed by atoms with van der Waals surface area (Å²) in [6.45, 7) is 12.4. The van der Waals surface area contributed by atoms with E-state index in [2.05, 4.69) is 44.6 Å². The number of nitrogen functional groups attached to an aromatic ring is 1. The third-order valence-corrected chi connectivity index (χ3v) is 6.96. The van der Waals surface area contributed by atoms with Crippen LogP contribution < -0.4 is 15.8 Å². The fourth-order valence-electron chi connectivity index (χ4n) is 4.24. The number of halogens is 1. The number of carbonyl (C=O) groups is 1. The quantitative estimate of drug-likeness (QED) is 0.397. The van der Waals surface area contributed by atoms with Gasteiger partial charge in [-0.25, -0.2) is 0 Å². The Kier molecular flexibility index (Phi) is 9.03. The molecule has 2 saturated heterocycles. The number of nitrogens with one attached hydrogen (secondary N) is 1. The van der Waals surface area contributed by atoms with E-state index in [1.54, 1.807) is 12.1 Å². The Bertz CT molecular complexity index is 710. The van der Waals surface area contributed by atoms with Crippen molar-refractivity contribution in [1.29, 1.82) is 0 Å². The van der Waals surface area contributed by atoms with Crippen molar-refractivity contribution in [2.75, 3.05) is 64.8 Å². The van der Waals surface area contributed by atoms with E-state index in [0.717, 1.165) is 42.3 Å². The topological polar surface area (TPSA) is 80.1 Å². The number of rotatable bonds is 8. The molecule has 30 heavy (non-hydrogen) atoms. The highest BCUT2D eigenvalue weighted by molar-refractivity contribution is 14.1. The molecule has 3 N–H and O–H groups in total. The number of hydrogen-bond acceptors (Lipinski definition) is 6. The van der Waals surface area contributed by atoms with Gasteiger partial charge in [-0.3, -0.25) is 9.69 Å². The van der Waals surface area contributed by atoms with E-state index in [1.165, 1.54) is 25.9 Å². The van der Waals surface area contributed by atoms with Crippen LogP contribution in [-0.2, 0) is 4.74 Å². The molecule has 0 aliphatic carbocycles. The summed E-state index contributed by atoms with van der Waals surface area (Å²) in [7, 11) is 0. The minimum absolute atomic E-state index is 0.0156. The standard InChI is InChI=1S/C22H35IN4O3/c1-3-26-7-5-16(6-8-26)14-27-9-10-30-17(15-27)13-25-22(28)18-11-19(23)20(24)12-21(18)29-4-2/h11-12,16-17H,3-10,13-15,24H2,1-2H3,(H,25,28). The zero-order valence-electron chi connectivity index (χ0n) is 18.2. The molecule has 3 rings (SSSR count). The van der Waals surface area contributed by atoms with Crippen molar-refractivity contribution >= 4 is 34.2 Å². The molecule has 0 saturated carbocycles. The number of nitrogens with two attached hydrogens (primary N) is 1. The zero-order chi connectivity index (χ0) is 21.5. The predicted octanol–water partition coefficient (Wildman–Crippen LogP) is 2.43. The fourth-order valence-corrected chi connectivity index (χ4v) is 4.71. The van der Waals surface area contributed by atoms with Gasteiger partial charge in [0.1, 0.15) is 5.75 Å². The molecule has 1 atom stereocenters. The van der Waals surface area contributed by atoms with Gasteiger partial charge in [-0.15, -0.1) is 0 Å². The highest BCUT2D eigenvalue weighted by Crippen LogP contribution is 2.27. The van der Waals surface area contributed by atoms with Gasteiger partial charge in [0.2, 0.25) is 0 Å². The molecule has 2 aliphatic heterocycles. The average molecular weight is 530 g/mol. The molecule has 0 radical (unpaired) electrons. The molecular weight excluding hydrogens is 495 g/mol. The minimum atomic E-state index is -0.149. The number of amides is 1. The molecule has 1 aromatic carbocycles. The normalized spacial score (nSPS) is 21.5. The van der Waals surface area contributed by atoms with Gasteiger partial charge >= 0.3 is 0 Å². The second kappa shape index (κ2) is 11.5. The van der Waals surface area contributed by atoms with Gasteiger partial charge in [-0.05, 0) is 74.0 Å². The monoisotopic (exact) mass is 530 g/mol. The van der Waals surface area contributed by atoms with Gasteiger partial charge in [0, 0.05) is 41.5 Å². The summed E-state index contributed by atoms with van der Waals surface area (Å²) in [4.78, 5) is 17.8. The number of piperidine rings is 1. The number of ether oxygens (including phenoxy) is 2. The molecule has 2 aliphatic rings. The maximum absolute atomic E-state index is 12.8. The number of morpholine rings is 1. The Balaban J connectivity index is 1.50. The number of nitrogens with zero attached hydrogens (tertiary/aromatic N) is 2. The van der Waals surface area contributed by atoms with E-state index < -0.39 is 0 Å². The second-order valence-corrected chi connectivity index (χ2v) is 9.31. The van der Waals surface area contributed by atoms with Crippen LogP contribution in [0.15, 0.2) is 12.1 Å². The van der Waals surface area contributed by atoms with E-state index in [9.17, 15) is 4.79 Å². The Morgan fingerprint density at radius 3 is 2.73 bits per heavy atom. The Hall–Kier alpha value is -1.10. The molecule has 0 spiro atoms. The second-order valence-electron chi connectivity index (χ2n) is 8.14. The molecule has 0 bridgehead atoms. The Morgan fingerprint density at radius 2 is 2.03 bits per heavy atom. The molecule has 2 fully saturated rings. The van der Waals surface area contributed by atoms with E-state index >= 15 is 0 Å². The van der Waals surface area contributed by atoms with E-state index in [1.807, 2.05) is 6.92 Å². The third kappa shape index (κ3) is 6.45. The lowest BCUT2D eigenvalue weighted by Crippen LogP contribution is -2.49. The van der Waals surface area contributed by atoms with Gasteiger partial charge in [0.15, 0.2) is 0 Å². The zero-order valence-corrected chi connectivity index (χ0v) is 20.3. The number of hydrogen-bond donors (Lipinski definition) is 2. The third-order valence-electron chi connectivity index (χ3n) is 6.03. The summed E-state index contributed by atoms with van der Waals surface area (Å²) in [6.07, 6.45) is 2.58. The lowest BCUT2D eigenvalue weighted by molar-refractivity contribution is -0.0335. The maximum atomic E-state index is 12.8. The first-order valence-electron chi connectivity index (χ1n) is 11.1. The van der Waals surface area contributed by atoms with Crippen LogP contribution in [0.5, 0.6) is 5.75 Å². The number of carbonyl (C=O) groups excluding carboxylic acids is 1. The van der Waals surface area contributed by atoms with Crippen molar-refractivity contribution < 1.29 is 14.3 Å². The van der Waals surface area contributed by atoms with Crippen LogP contribution in [0, 0.1) is 9.49 Å². The SMILES string of the molecule is CCOc1cc(N)c(I)cc1C(=O)NCC1CN(CC2CCN(CC)CC2)CCO1. The van der Waals surface area contributed by atoms with Gasteiger partial charge in [-0.1, -0.05) is 6.92 Å². The summed E-state index contributed by atoms with van der Waals surface area (Å²) in [5, 5.41) is 3.03. The lowest BCUT2D eigenvalue weighted by atomic mass is 9.96. The molecule has 1 unspecified atom stereocenters. The summed E-state index contributed by atoms with van der Waals surface area (Å²) >= 11 is 2.14. The molecule has 1 aromatic rings. The van der Waals surface area contributed by atoms with Crippen LogP contribution in [0.4, 0.5) is 5.69 Å². The van der Waals surface area contributed by atoms with Crippen molar-refractivity contribution in [1.82, 2.24) is 15.1 Å². The number of likely N-dealkylation sites (tertiary alicyclic amines) is 1. The number of anilines is 1. The Labute approximate surface area is 193 Å². The molecule has 2 heterocycles. The molecule has 168 valence electrons. The first-order chi connectivity index (χ1) is 14.5. The van der Waals surface area contributed by atoms with Crippen molar-refractivity contribution in [3.8, 4) is 5.75 Å². The minimum Gasteiger partial charge on any atom is -0.493 e. The maximum Gasteiger partial charge on any atom is 0.255 e. The Morgan fingerprint density at radius 1 is 1.27 bits per heavy atom. The van der Waals surface area contributed by atoms with Gasteiger partial charge in [0.25, 0.3) is 5.91 Å². The van der Waals surface area contributed by atoms with E-state index in [0.29, 0.717) is 30.2 Å². The van der Waals surface area contributed by atoms with Crippen molar-refractivity contribution in [2.45, 2.75) is 32.8 Å². The van der Waals surface area contributed by atoms with Crippen LogP contribution >= 0.6 is 22.6 Å². The largest absolute Gasteiger partial charge is 0.493 e. The van der Waals surface area contributed by atoms with Crippen LogP contribution in [-0.4, -0.2) is 80.8 Å². The van der Waals surface area contributed by atoms with Gasteiger partial charge in [-0.2, -0.15) is 0 Å². The van der Waals surface area contributed by atoms with Crippen molar-refractivity contribution in [3.05, 3.63) is 21.3 Å². The first kappa shape index (κ1) is 23.6. The molecule has 8 heteroatoms. The lowest BCUT2D eigenvalue weighted by Gasteiger charge is -2.38. The average Bonchev–Trinajstić information content (AvgIpc) is 2.75. The molecular formula is C22H35IN4O3. The fraction of sp³-hybridized carbons (Fsp3) is 0.682. The number of benzene rings is 1. The van der Waals surface area contributed by atoms with Crippen LogP contribution in [0.25, 0.3) is 0 Å². The summed E-state index contributed by atoms with van der Waals surface area (Å²) in [6, 6.07) is 3.51. The van der Waals surface area contributed by atoms with E-state index in [-0.39, 0.29) is 12.0 Å². The summed E-state index contributed by atoms with van der Waals surface area (Å²) < 4.78 is 12.4. The predicted molar refractivity (Wildman–Crippen MR) is 128 cm³/mol. The molecule has 1 amide bonds. The summed E-state index contributed by atoms with van der Waals surface area (Å²) in [5.74, 6) is 1.15. The van der Waals surface area contributed by atoms with Crippen LogP contribution in [0.2, 0.25) is 0 Å². The van der Waals surface area contributed by atoms with Gasteiger partial charge in [0.05, 0.1) is 24.9 Å². The van der Waals surface area contributed by atoms with E-state index in [4.69, 9.17) is 15.2 Å². The van der Waals surface area contributed by atoms with Crippen LogP contribution in [0.3, 0.4) is 0 Å². The highest BCUT2D eigenvalue weighted by Gasteiger charge is 2.26. The van der Waals surface area contributed by atoms with Crippen LogP contribution in [0.1, 0.15) is 37.0 Å². The van der Waals surface area contributed by atoms with Crippen molar-refractivity contribution in [2.24, 2.45) is 5.92 Å². The van der Waals surface area contributed by atoms with Gasteiger partial charge < -0.3 is 25.4 Å². The molecule has 7 nitrogen and oxygen atoms in total. The molecule has 0 aromatic heterocycles. The first-order valence-corrected chi connectivity index (χ1v) is 12.1.